The predicted molar refractivity (Wildman–Crippen MR) is 104 cm³/mol. The van der Waals surface area contributed by atoms with E-state index in [1.54, 1.807) is 12.1 Å². The summed E-state index contributed by atoms with van der Waals surface area (Å²) in [5, 5.41) is 8.63. The standard InChI is InChI=1S/C20H29FN4O2/c1-14(2)11-17(13-24(3)4)22-20(27)18-9-10-19(26)25(23-18)12-15-5-7-16(21)8-6-15/h5-8,14,17H,9-13H2,1-4H3,(H,22,27). The molecule has 2 rings (SSSR count). The van der Waals surface area contributed by atoms with Crippen LogP contribution in [0.1, 0.15) is 38.7 Å². The van der Waals surface area contributed by atoms with Crippen LogP contribution >= 0.6 is 0 Å². The molecule has 148 valence electrons. The molecular formula is C20H29FN4O2. The number of carbonyl (C=O) groups is 2. The normalized spacial score (nSPS) is 15.9. The topological polar surface area (TPSA) is 65.0 Å². The van der Waals surface area contributed by atoms with Gasteiger partial charge in [0.25, 0.3) is 5.91 Å². The summed E-state index contributed by atoms with van der Waals surface area (Å²) in [5.74, 6) is -0.230. The number of halogens is 1. The second-order valence-electron chi connectivity index (χ2n) is 7.69. The van der Waals surface area contributed by atoms with E-state index < -0.39 is 0 Å². The van der Waals surface area contributed by atoms with Crippen molar-refractivity contribution in [2.24, 2.45) is 11.0 Å². The van der Waals surface area contributed by atoms with Crippen molar-refractivity contribution in [1.82, 2.24) is 15.2 Å². The van der Waals surface area contributed by atoms with Crippen LogP contribution in [0.5, 0.6) is 0 Å². The van der Waals surface area contributed by atoms with Gasteiger partial charge in [0.15, 0.2) is 0 Å². The molecule has 1 aliphatic rings. The molecular weight excluding hydrogens is 347 g/mol. The van der Waals surface area contributed by atoms with E-state index in [1.807, 2.05) is 19.0 Å². The van der Waals surface area contributed by atoms with Crippen molar-refractivity contribution >= 4 is 17.5 Å². The van der Waals surface area contributed by atoms with E-state index in [0.717, 1.165) is 18.5 Å². The van der Waals surface area contributed by atoms with Crippen molar-refractivity contribution in [2.75, 3.05) is 20.6 Å². The van der Waals surface area contributed by atoms with E-state index in [9.17, 15) is 14.0 Å². The van der Waals surface area contributed by atoms with Gasteiger partial charge in [-0.25, -0.2) is 9.40 Å². The molecule has 0 bridgehead atoms. The summed E-state index contributed by atoms with van der Waals surface area (Å²) in [7, 11) is 3.95. The zero-order valence-corrected chi connectivity index (χ0v) is 16.5. The van der Waals surface area contributed by atoms with Gasteiger partial charge in [0.2, 0.25) is 5.91 Å². The molecule has 1 unspecified atom stereocenters. The minimum Gasteiger partial charge on any atom is -0.347 e. The Bertz CT molecular complexity index is 676. The first kappa shape index (κ1) is 21.0. The summed E-state index contributed by atoms with van der Waals surface area (Å²) in [6.45, 7) is 5.21. The molecule has 6 nitrogen and oxygen atoms in total. The Hall–Kier alpha value is -2.28. The van der Waals surface area contributed by atoms with E-state index in [1.165, 1.54) is 17.1 Å². The van der Waals surface area contributed by atoms with Crippen molar-refractivity contribution in [3.63, 3.8) is 0 Å². The van der Waals surface area contributed by atoms with Gasteiger partial charge < -0.3 is 10.2 Å². The summed E-state index contributed by atoms with van der Waals surface area (Å²) in [4.78, 5) is 26.9. The lowest BCUT2D eigenvalue weighted by Crippen LogP contribution is -2.46. The van der Waals surface area contributed by atoms with Crippen LogP contribution in [-0.4, -0.2) is 54.1 Å². The minimum absolute atomic E-state index is 0.0263. The van der Waals surface area contributed by atoms with Crippen LogP contribution in [0.4, 0.5) is 4.39 Å². The zero-order chi connectivity index (χ0) is 20.0. The highest BCUT2D eigenvalue weighted by Gasteiger charge is 2.26. The molecule has 0 aromatic heterocycles. The summed E-state index contributed by atoms with van der Waals surface area (Å²) in [5.41, 5.74) is 1.13. The average molecular weight is 376 g/mol. The highest BCUT2D eigenvalue weighted by atomic mass is 19.1. The smallest absolute Gasteiger partial charge is 0.267 e. The SMILES string of the molecule is CC(C)CC(CN(C)C)NC(=O)C1=NN(Cc2ccc(F)cc2)C(=O)CC1. The molecule has 1 aromatic carbocycles. The van der Waals surface area contributed by atoms with Gasteiger partial charge in [-0.05, 0) is 44.1 Å². The van der Waals surface area contributed by atoms with Crippen molar-refractivity contribution in [1.29, 1.82) is 0 Å². The molecule has 1 aliphatic heterocycles. The fourth-order valence-corrected chi connectivity index (χ4v) is 3.11. The summed E-state index contributed by atoms with van der Waals surface area (Å²) in [6, 6.07) is 5.95. The van der Waals surface area contributed by atoms with Gasteiger partial charge in [-0.2, -0.15) is 5.10 Å². The van der Waals surface area contributed by atoms with E-state index >= 15 is 0 Å². The molecule has 1 atom stereocenters. The van der Waals surface area contributed by atoms with Crippen molar-refractivity contribution in [3.8, 4) is 0 Å². The number of likely N-dealkylation sites (N-methyl/N-ethyl adjacent to an activating group) is 1. The Morgan fingerprint density at radius 3 is 2.52 bits per heavy atom. The third-order valence-electron chi connectivity index (χ3n) is 4.29. The molecule has 0 saturated heterocycles. The van der Waals surface area contributed by atoms with Crippen molar-refractivity contribution in [3.05, 3.63) is 35.6 Å². The lowest BCUT2D eigenvalue weighted by molar-refractivity contribution is -0.132. The van der Waals surface area contributed by atoms with E-state index in [2.05, 4.69) is 24.3 Å². The number of carbonyl (C=O) groups excluding carboxylic acids is 2. The fourth-order valence-electron chi connectivity index (χ4n) is 3.11. The van der Waals surface area contributed by atoms with Crippen LogP contribution in [0.25, 0.3) is 0 Å². The second kappa shape index (κ2) is 9.60. The number of hydrogen-bond acceptors (Lipinski definition) is 4. The predicted octanol–water partition coefficient (Wildman–Crippen LogP) is 2.40. The molecule has 0 fully saturated rings. The molecule has 7 heteroatoms. The fraction of sp³-hybridized carbons (Fsp3) is 0.550. The van der Waals surface area contributed by atoms with Gasteiger partial charge in [0.1, 0.15) is 11.5 Å². The first-order chi connectivity index (χ1) is 12.7. The maximum atomic E-state index is 13.0. The van der Waals surface area contributed by atoms with Crippen LogP contribution in [0.3, 0.4) is 0 Å². The van der Waals surface area contributed by atoms with Crippen LogP contribution in [0.2, 0.25) is 0 Å². The number of hydrogen-bond donors (Lipinski definition) is 1. The Kier molecular flexibility index (Phi) is 7.47. The van der Waals surface area contributed by atoms with Gasteiger partial charge in [-0.15, -0.1) is 0 Å². The van der Waals surface area contributed by atoms with Crippen molar-refractivity contribution in [2.45, 2.75) is 45.7 Å². The third kappa shape index (κ3) is 6.75. The molecule has 1 N–H and O–H groups in total. The number of benzene rings is 1. The zero-order valence-electron chi connectivity index (χ0n) is 16.5. The van der Waals surface area contributed by atoms with Gasteiger partial charge >= 0.3 is 0 Å². The van der Waals surface area contributed by atoms with E-state index in [0.29, 0.717) is 18.1 Å². The van der Waals surface area contributed by atoms with Crippen LogP contribution in [-0.2, 0) is 16.1 Å². The number of hydrazone groups is 1. The van der Waals surface area contributed by atoms with Gasteiger partial charge in [0.05, 0.1) is 6.54 Å². The number of amides is 2. The van der Waals surface area contributed by atoms with Crippen molar-refractivity contribution < 1.29 is 14.0 Å². The lowest BCUT2D eigenvalue weighted by atomic mass is 10.0. The molecule has 0 spiro atoms. The summed E-state index contributed by atoms with van der Waals surface area (Å²) in [6.07, 6.45) is 1.45. The summed E-state index contributed by atoms with van der Waals surface area (Å²) >= 11 is 0. The highest BCUT2D eigenvalue weighted by molar-refractivity contribution is 6.39. The molecule has 27 heavy (non-hydrogen) atoms. The first-order valence-electron chi connectivity index (χ1n) is 9.32. The quantitative estimate of drug-likeness (QED) is 0.758. The van der Waals surface area contributed by atoms with Gasteiger partial charge in [0, 0.05) is 25.4 Å². The first-order valence-corrected chi connectivity index (χ1v) is 9.32. The third-order valence-corrected chi connectivity index (χ3v) is 4.29. The maximum Gasteiger partial charge on any atom is 0.267 e. The maximum absolute atomic E-state index is 13.0. The summed E-state index contributed by atoms with van der Waals surface area (Å²) < 4.78 is 13.0. The Morgan fingerprint density at radius 1 is 1.26 bits per heavy atom. The van der Waals surface area contributed by atoms with Gasteiger partial charge in [-0.1, -0.05) is 26.0 Å². The van der Waals surface area contributed by atoms with E-state index in [-0.39, 0.29) is 36.6 Å². The monoisotopic (exact) mass is 376 g/mol. The Balaban J connectivity index is 2.07. The minimum atomic E-state index is -0.329. The van der Waals surface area contributed by atoms with Gasteiger partial charge in [-0.3, -0.25) is 9.59 Å². The largest absolute Gasteiger partial charge is 0.347 e. The molecule has 2 amide bonds. The number of nitrogens with zero attached hydrogens (tertiary/aromatic N) is 3. The number of rotatable bonds is 8. The van der Waals surface area contributed by atoms with Crippen LogP contribution < -0.4 is 5.32 Å². The lowest BCUT2D eigenvalue weighted by Gasteiger charge is -2.26. The molecule has 0 radical (unpaired) electrons. The molecule has 1 aromatic rings. The molecule has 0 saturated carbocycles. The van der Waals surface area contributed by atoms with E-state index in [4.69, 9.17) is 0 Å². The molecule has 1 heterocycles. The van der Waals surface area contributed by atoms with Crippen LogP contribution in [0.15, 0.2) is 29.4 Å². The Morgan fingerprint density at radius 2 is 1.93 bits per heavy atom. The average Bonchev–Trinajstić information content (AvgIpc) is 2.57. The second-order valence-corrected chi connectivity index (χ2v) is 7.69. The van der Waals surface area contributed by atoms with Crippen LogP contribution in [0, 0.1) is 11.7 Å². The molecule has 0 aliphatic carbocycles. The number of nitrogens with one attached hydrogen (secondary N) is 1. The highest BCUT2D eigenvalue weighted by Crippen LogP contribution is 2.15. The Labute approximate surface area is 160 Å².